The second kappa shape index (κ2) is 6.98. The third-order valence-electron chi connectivity index (χ3n) is 5.11. The Labute approximate surface area is 143 Å². The van der Waals surface area contributed by atoms with Crippen molar-refractivity contribution in [2.24, 2.45) is 11.8 Å². The van der Waals surface area contributed by atoms with E-state index in [1.165, 1.54) is 12.2 Å². The van der Waals surface area contributed by atoms with E-state index >= 15 is 0 Å². The number of hydrogen-bond donors (Lipinski definition) is 1. The molecule has 2 heterocycles. The van der Waals surface area contributed by atoms with Crippen molar-refractivity contribution in [2.75, 3.05) is 0 Å². The first-order chi connectivity index (χ1) is 11.4. The molecule has 1 saturated heterocycles. The van der Waals surface area contributed by atoms with Crippen molar-refractivity contribution in [3.63, 3.8) is 0 Å². The fraction of sp³-hybridized carbons (Fsp3) is 0.737. The van der Waals surface area contributed by atoms with Crippen molar-refractivity contribution in [1.29, 1.82) is 0 Å². The van der Waals surface area contributed by atoms with E-state index in [1.54, 1.807) is 0 Å². The van der Waals surface area contributed by atoms with Gasteiger partial charge in [-0.25, -0.2) is 4.79 Å². The van der Waals surface area contributed by atoms with Crippen molar-refractivity contribution in [1.82, 2.24) is 0 Å². The summed E-state index contributed by atoms with van der Waals surface area (Å²) in [6.07, 6.45) is 9.78. The van der Waals surface area contributed by atoms with Gasteiger partial charge in [0.05, 0.1) is 24.4 Å². The lowest BCUT2D eigenvalue weighted by Crippen LogP contribution is -2.34. The summed E-state index contributed by atoms with van der Waals surface area (Å²) in [4.78, 5) is 11.9. The number of rotatable bonds is 0. The number of fused-ring (bicyclic) bond motifs is 3. The van der Waals surface area contributed by atoms with Gasteiger partial charge in [-0.1, -0.05) is 12.2 Å². The summed E-state index contributed by atoms with van der Waals surface area (Å²) in [6.45, 7) is 5.70. The molecule has 5 heteroatoms. The topological polar surface area (TPSA) is 65.0 Å². The van der Waals surface area contributed by atoms with E-state index < -0.39 is 17.9 Å². The van der Waals surface area contributed by atoms with E-state index in [0.29, 0.717) is 0 Å². The number of aliphatic hydroxyl groups excluding tert-OH is 1. The molecule has 0 bridgehead atoms. The number of hydrogen-bond acceptors (Lipinski definition) is 5. The first-order valence-corrected chi connectivity index (χ1v) is 8.95. The third kappa shape index (κ3) is 3.90. The van der Waals surface area contributed by atoms with Crippen LogP contribution >= 0.6 is 0 Å². The highest BCUT2D eigenvalue weighted by Gasteiger charge is 2.54. The van der Waals surface area contributed by atoms with E-state index in [9.17, 15) is 9.90 Å². The van der Waals surface area contributed by atoms with Crippen LogP contribution in [0, 0.1) is 11.8 Å². The van der Waals surface area contributed by atoms with Crippen LogP contribution in [0.15, 0.2) is 24.3 Å². The van der Waals surface area contributed by atoms with Crippen molar-refractivity contribution in [3.8, 4) is 0 Å². The Morgan fingerprint density at radius 1 is 1.25 bits per heavy atom. The highest BCUT2D eigenvalue weighted by molar-refractivity contribution is 5.82. The van der Waals surface area contributed by atoms with Crippen LogP contribution in [0.25, 0.3) is 0 Å². The van der Waals surface area contributed by atoms with Crippen LogP contribution in [0.5, 0.6) is 0 Å². The average Bonchev–Trinajstić information content (AvgIpc) is 2.94. The van der Waals surface area contributed by atoms with Gasteiger partial charge in [-0.3, -0.25) is 0 Å². The molecule has 1 aliphatic carbocycles. The molecule has 0 radical (unpaired) electrons. The van der Waals surface area contributed by atoms with Gasteiger partial charge in [-0.15, -0.1) is 0 Å². The van der Waals surface area contributed by atoms with E-state index in [0.717, 1.165) is 25.7 Å². The Morgan fingerprint density at radius 2 is 2.04 bits per heavy atom. The summed E-state index contributed by atoms with van der Waals surface area (Å²) in [7, 11) is 0. The van der Waals surface area contributed by atoms with Gasteiger partial charge in [0.15, 0.2) is 5.79 Å². The minimum atomic E-state index is -0.768. The maximum atomic E-state index is 11.9. The summed E-state index contributed by atoms with van der Waals surface area (Å²) in [5.74, 6) is -0.952. The van der Waals surface area contributed by atoms with Crippen molar-refractivity contribution in [3.05, 3.63) is 24.3 Å². The molecule has 134 valence electrons. The van der Waals surface area contributed by atoms with Gasteiger partial charge in [-0.2, -0.15) is 0 Å². The molecule has 2 fully saturated rings. The number of carbonyl (C=O) groups excluding carboxylic acids is 1. The third-order valence-corrected chi connectivity index (χ3v) is 5.11. The van der Waals surface area contributed by atoms with Crippen LogP contribution in [0.2, 0.25) is 0 Å². The number of allylic oxidation sites excluding steroid dienone is 2. The van der Waals surface area contributed by atoms with E-state index in [2.05, 4.69) is 12.2 Å². The van der Waals surface area contributed by atoms with Gasteiger partial charge >= 0.3 is 5.97 Å². The quantitative estimate of drug-likeness (QED) is 0.544. The lowest BCUT2D eigenvalue weighted by Gasteiger charge is -2.27. The molecular weight excluding hydrogens is 308 g/mol. The van der Waals surface area contributed by atoms with Gasteiger partial charge < -0.3 is 19.3 Å². The molecule has 0 aromatic rings. The Bertz CT molecular complexity index is 524. The lowest BCUT2D eigenvalue weighted by molar-refractivity contribution is -0.162. The first-order valence-electron chi connectivity index (χ1n) is 8.95. The largest absolute Gasteiger partial charge is 0.460 e. The minimum Gasteiger partial charge on any atom is -0.460 e. The minimum absolute atomic E-state index is 0.0115. The number of aliphatic hydroxyl groups is 1. The normalized spacial score (nSPS) is 45.1. The Hall–Kier alpha value is -1.17. The number of esters is 1. The van der Waals surface area contributed by atoms with Crippen LogP contribution < -0.4 is 0 Å². The Balaban J connectivity index is 1.81. The molecule has 5 nitrogen and oxygen atoms in total. The molecule has 0 aromatic heterocycles. The van der Waals surface area contributed by atoms with E-state index in [4.69, 9.17) is 14.2 Å². The summed E-state index contributed by atoms with van der Waals surface area (Å²) in [5, 5.41) is 10.7. The standard InChI is InChI=1S/C19H28O5/c1-12-7-5-4-6-8-13-11-15-18(24-19(2,3)23-15)17(13)14(20)9-10-16(21)22-12/h6,8-10,12-15,17-18,20H,4-5,7,11H2,1-3H3/b8-6+,10-9+/t12-,13+,14?,15-,17+,18-/m0/s1. The Morgan fingerprint density at radius 3 is 2.83 bits per heavy atom. The monoisotopic (exact) mass is 336 g/mol. The molecule has 0 spiro atoms. The predicted molar refractivity (Wildman–Crippen MR) is 89.1 cm³/mol. The second-order valence-electron chi connectivity index (χ2n) is 7.57. The molecule has 2 aliphatic heterocycles. The maximum Gasteiger partial charge on any atom is 0.330 e. The van der Waals surface area contributed by atoms with Crippen LogP contribution in [0.1, 0.15) is 46.5 Å². The highest BCUT2D eigenvalue weighted by Crippen LogP contribution is 2.46. The second-order valence-corrected chi connectivity index (χ2v) is 7.57. The molecular formula is C19H28O5. The van der Waals surface area contributed by atoms with Gasteiger partial charge in [0, 0.05) is 12.0 Å². The first kappa shape index (κ1) is 17.6. The molecule has 1 saturated carbocycles. The van der Waals surface area contributed by atoms with Crippen LogP contribution in [0.3, 0.4) is 0 Å². The van der Waals surface area contributed by atoms with Crippen molar-refractivity contribution in [2.45, 2.75) is 76.7 Å². The summed E-state index contributed by atoms with van der Waals surface area (Å²) in [5.41, 5.74) is 0. The molecule has 3 rings (SSSR count). The maximum absolute atomic E-state index is 11.9. The van der Waals surface area contributed by atoms with Crippen LogP contribution in [0.4, 0.5) is 0 Å². The number of carbonyl (C=O) groups is 1. The summed E-state index contributed by atoms with van der Waals surface area (Å²) >= 11 is 0. The van der Waals surface area contributed by atoms with E-state index in [-0.39, 0.29) is 30.1 Å². The predicted octanol–water partition coefficient (Wildman–Crippen LogP) is 2.73. The number of ether oxygens (including phenoxy) is 3. The fourth-order valence-electron chi connectivity index (χ4n) is 4.09. The molecule has 24 heavy (non-hydrogen) atoms. The highest BCUT2D eigenvalue weighted by atomic mass is 16.8. The molecule has 1 unspecified atom stereocenters. The molecule has 1 N–H and O–H groups in total. The zero-order valence-electron chi connectivity index (χ0n) is 14.7. The van der Waals surface area contributed by atoms with Gasteiger partial charge in [0.25, 0.3) is 0 Å². The summed E-state index contributed by atoms with van der Waals surface area (Å²) < 4.78 is 17.3. The average molecular weight is 336 g/mol. The summed E-state index contributed by atoms with van der Waals surface area (Å²) in [6, 6.07) is 0. The van der Waals surface area contributed by atoms with Crippen LogP contribution in [-0.2, 0) is 19.0 Å². The number of cyclic esters (lactones) is 1. The van der Waals surface area contributed by atoms with Crippen molar-refractivity contribution < 1.29 is 24.1 Å². The van der Waals surface area contributed by atoms with Crippen molar-refractivity contribution >= 4 is 5.97 Å². The molecule has 0 aromatic carbocycles. The smallest absolute Gasteiger partial charge is 0.330 e. The van der Waals surface area contributed by atoms with E-state index in [1.807, 2.05) is 20.8 Å². The Kier molecular flexibility index (Phi) is 5.13. The molecule has 6 atom stereocenters. The fourth-order valence-corrected chi connectivity index (χ4v) is 4.09. The zero-order chi connectivity index (χ0) is 17.3. The van der Waals surface area contributed by atoms with Gasteiger partial charge in [0.2, 0.25) is 0 Å². The zero-order valence-corrected chi connectivity index (χ0v) is 14.7. The molecule has 0 amide bonds. The SMILES string of the molecule is C[C@H]1CCC/C=C/[C@@H]2C[C@@H]3OC(C)(C)O[C@@H]3[C@H]2C(O)/C=C/C(=O)O1. The lowest BCUT2D eigenvalue weighted by atomic mass is 9.88. The van der Waals surface area contributed by atoms with Gasteiger partial charge in [0.1, 0.15) is 0 Å². The van der Waals surface area contributed by atoms with Gasteiger partial charge in [-0.05, 0) is 58.4 Å². The van der Waals surface area contributed by atoms with Crippen LogP contribution in [-0.4, -0.2) is 41.3 Å². The molecule has 3 aliphatic rings.